The lowest BCUT2D eigenvalue weighted by Gasteiger charge is -2.39. The second-order valence-corrected chi connectivity index (χ2v) is 6.16. The first-order chi connectivity index (χ1) is 8.61. The van der Waals surface area contributed by atoms with Crippen LogP contribution in [0.1, 0.15) is 13.8 Å². The van der Waals surface area contributed by atoms with Gasteiger partial charge in [-0.2, -0.15) is 0 Å². The SMILES string of the molecule is CC(C)(CCl)CN1CCN(c2ccccc2)CC1. The Balaban J connectivity index is 1.85. The van der Waals surface area contributed by atoms with Crippen LogP contribution in [0.4, 0.5) is 5.69 Å². The van der Waals surface area contributed by atoms with Gasteiger partial charge in [0.25, 0.3) is 0 Å². The van der Waals surface area contributed by atoms with Gasteiger partial charge in [0.1, 0.15) is 0 Å². The highest BCUT2D eigenvalue weighted by atomic mass is 35.5. The lowest BCUT2D eigenvalue weighted by atomic mass is 9.95. The van der Waals surface area contributed by atoms with Crippen LogP contribution in [0.5, 0.6) is 0 Å². The molecule has 2 rings (SSSR count). The summed E-state index contributed by atoms with van der Waals surface area (Å²) in [6.45, 7) is 10.1. The van der Waals surface area contributed by atoms with Gasteiger partial charge in [0.15, 0.2) is 0 Å². The number of piperazine rings is 1. The molecule has 0 amide bonds. The van der Waals surface area contributed by atoms with Crippen molar-refractivity contribution in [2.24, 2.45) is 5.41 Å². The zero-order chi connectivity index (χ0) is 13.0. The maximum Gasteiger partial charge on any atom is 0.0367 e. The van der Waals surface area contributed by atoms with E-state index >= 15 is 0 Å². The van der Waals surface area contributed by atoms with Crippen LogP contribution in [0.25, 0.3) is 0 Å². The van der Waals surface area contributed by atoms with Crippen molar-refractivity contribution in [1.82, 2.24) is 4.90 Å². The molecule has 0 atom stereocenters. The van der Waals surface area contributed by atoms with E-state index in [1.807, 2.05) is 0 Å². The third-order valence-corrected chi connectivity index (χ3v) is 4.23. The van der Waals surface area contributed by atoms with Crippen LogP contribution in [-0.2, 0) is 0 Å². The van der Waals surface area contributed by atoms with Gasteiger partial charge in [-0.1, -0.05) is 32.0 Å². The lowest BCUT2D eigenvalue weighted by Crippen LogP contribution is -2.49. The Kier molecular flexibility index (Phi) is 4.52. The summed E-state index contributed by atoms with van der Waals surface area (Å²) in [5.74, 6) is 0.728. The lowest BCUT2D eigenvalue weighted by molar-refractivity contribution is 0.184. The van der Waals surface area contributed by atoms with Crippen molar-refractivity contribution in [2.75, 3.05) is 43.5 Å². The first-order valence-corrected chi connectivity index (χ1v) is 7.22. The number of hydrogen-bond donors (Lipinski definition) is 0. The van der Waals surface area contributed by atoms with E-state index in [0.29, 0.717) is 0 Å². The molecular formula is C15H23ClN2. The summed E-state index contributed by atoms with van der Waals surface area (Å²) in [7, 11) is 0. The molecule has 1 heterocycles. The third-order valence-electron chi connectivity index (χ3n) is 3.51. The Bertz CT molecular complexity index is 356. The summed E-state index contributed by atoms with van der Waals surface area (Å²) in [6, 6.07) is 10.7. The predicted molar refractivity (Wildman–Crippen MR) is 79.6 cm³/mol. The number of alkyl halides is 1. The fraction of sp³-hybridized carbons (Fsp3) is 0.600. The molecule has 0 radical (unpaired) electrons. The molecule has 0 spiro atoms. The molecule has 0 N–H and O–H groups in total. The van der Waals surface area contributed by atoms with E-state index in [1.165, 1.54) is 5.69 Å². The van der Waals surface area contributed by atoms with Gasteiger partial charge in [-0.3, -0.25) is 4.90 Å². The minimum atomic E-state index is 0.219. The molecule has 100 valence electrons. The number of benzene rings is 1. The normalized spacial score (nSPS) is 18.1. The molecule has 0 aromatic heterocycles. The summed E-state index contributed by atoms with van der Waals surface area (Å²) in [5.41, 5.74) is 1.56. The second kappa shape index (κ2) is 5.94. The molecule has 1 saturated heterocycles. The van der Waals surface area contributed by atoms with E-state index in [9.17, 15) is 0 Å². The summed E-state index contributed by atoms with van der Waals surface area (Å²) in [4.78, 5) is 4.99. The molecule has 1 fully saturated rings. The van der Waals surface area contributed by atoms with Crippen molar-refractivity contribution in [3.8, 4) is 0 Å². The van der Waals surface area contributed by atoms with E-state index in [-0.39, 0.29) is 5.41 Å². The molecule has 0 aliphatic carbocycles. The standard InChI is InChI=1S/C15H23ClN2/c1-15(2,12-16)13-17-8-10-18(11-9-17)14-6-4-3-5-7-14/h3-7H,8-13H2,1-2H3. The largest absolute Gasteiger partial charge is 0.369 e. The van der Waals surface area contributed by atoms with Crippen LogP contribution in [0.2, 0.25) is 0 Å². The van der Waals surface area contributed by atoms with E-state index < -0.39 is 0 Å². The minimum absolute atomic E-state index is 0.219. The topological polar surface area (TPSA) is 6.48 Å². The van der Waals surface area contributed by atoms with E-state index in [1.54, 1.807) is 0 Å². The highest BCUT2D eigenvalue weighted by Crippen LogP contribution is 2.21. The number of hydrogen-bond acceptors (Lipinski definition) is 2. The van der Waals surface area contributed by atoms with Crippen molar-refractivity contribution >= 4 is 17.3 Å². The maximum absolute atomic E-state index is 6.00. The molecule has 18 heavy (non-hydrogen) atoms. The van der Waals surface area contributed by atoms with Gasteiger partial charge in [-0.05, 0) is 17.5 Å². The van der Waals surface area contributed by atoms with Crippen molar-refractivity contribution in [1.29, 1.82) is 0 Å². The average Bonchev–Trinajstić information content (AvgIpc) is 2.40. The van der Waals surface area contributed by atoms with Crippen molar-refractivity contribution in [3.63, 3.8) is 0 Å². The highest BCUT2D eigenvalue weighted by Gasteiger charge is 2.24. The quantitative estimate of drug-likeness (QED) is 0.773. The van der Waals surface area contributed by atoms with Gasteiger partial charge < -0.3 is 4.90 Å². The third kappa shape index (κ3) is 3.63. The number of anilines is 1. The van der Waals surface area contributed by atoms with Crippen molar-refractivity contribution in [3.05, 3.63) is 30.3 Å². The number of nitrogens with zero attached hydrogens (tertiary/aromatic N) is 2. The molecule has 1 aromatic carbocycles. The first-order valence-electron chi connectivity index (χ1n) is 6.69. The smallest absolute Gasteiger partial charge is 0.0367 e. The molecule has 0 unspecified atom stereocenters. The Labute approximate surface area is 116 Å². The van der Waals surface area contributed by atoms with E-state index in [2.05, 4.69) is 54.0 Å². The molecule has 1 aromatic rings. The molecule has 3 heteroatoms. The fourth-order valence-electron chi connectivity index (χ4n) is 2.45. The molecule has 1 aliphatic rings. The summed E-state index contributed by atoms with van der Waals surface area (Å²) in [6.07, 6.45) is 0. The Morgan fingerprint density at radius 3 is 2.22 bits per heavy atom. The Morgan fingerprint density at radius 1 is 1.06 bits per heavy atom. The van der Waals surface area contributed by atoms with Gasteiger partial charge in [-0.15, -0.1) is 11.6 Å². The monoisotopic (exact) mass is 266 g/mol. The highest BCUT2D eigenvalue weighted by molar-refractivity contribution is 6.18. The van der Waals surface area contributed by atoms with Gasteiger partial charge >= 0.3 is 0 Å². The summed E-state index contributed by atoms with van der Waals surface area (Å²) >= 11 is 6.00. The molecule has 0 bridgehead atoms. The fourth-order valence-corrected chi connectivity index (χ4v) is 2.54. The van der Waals surface area contributed by atoms with Crippen molar-refractivity contribution < 1.29 is 0 Å². The Morgan fingerprint density at radius 2 is 1.67 bits per heavy atom. The zero-order valence-corrected chi connectivity index (χ0v) is 12.2. The van der Waals surface area contributed by atoms with Gasteiger partial charge in [-0.25, -0.2) is 0 Å². The summed E-state index contributed by atoms with van der Waals surface area (Å²) < 4.78 is 0. The molecule has 0 saturated carbocycles. The van der Waals surface area contributed by atoms with Gasteiger partial charge in [0.05, 0.1) is 0 Å². The average molecular weight is 267 g/mol. The van der Waals surface area contributed by atoms with Crippen LogP contribution >= 0.6 is 11.6 Å². The van der Waals surface area contributed by atoms with Gasteiger partial charge in [0.2, 0.25) is 0 Å². The first kappa shape index (κ1) is 13.7. The van der Waals surface area contributed by atoms with Crippen LogP contribution in [-0.4, -0.2) is 43.5 Å². The number of halogens is 1. The van der Waals surface area contributed by atoms with Crippen LogP contribution in [0.3, 0.4) is 0 Å². The molecular weight excluding hydrogens is 244 g/mol. The van der Waals surface area contributed by atoms with Crippen LogP contribution in [0, 0.1) is 5.41 Å². The van der Waals surface area contributed by atoms with Crippen molar-refractivity contribution in [2.45, 2.75) is 13.8 Å². The van der Waals surface area contributed by atoms with Crippen LogP contribution in [0.15, 0.2) is 30.3 Å². The zero-order valence-electron chi connectivity index (χ0n) is 11.4. The minimum Gasteiger partial charge on any atom is -0.369 e. The van der Waals surface area contributed by atoms with E-state index in [4.69, 9.17) is 11.6 Å². The number of rotatable bonds is 4. The predicted octanol–water partition coefficient (Wildman–Crippen LogP) is 3.07. The molecule has 1 aliphatic heterocycles. The van der Waals surface area contributed by atoms with E-state index in [0.717, 1.165) is 38.6 Å². The second-order valence-electron chi connectivity index (χ2n) is 5.90. The summed E-state index contributed by atoms with van der Waals surface area (Å²) in [5, 5.41) is 0. The maximum atomic E-state index is 6.00. The van der Waals surface area contributed by atoms with Crippen LogP contribution < -0.4 is 4.90 Å². The molecule has 2 nitrogen and oxygen atoms in total. The number of para-hydroxylation sites is 1. The Hall–Kier alpha value is -0.730. The van der Waals surface area contributed by atoms with Gasteiger partial charge in [0, 0.05) is 44.3 Å².